The van der Waals surface area contributed by atoms with Gasteiger partial charge < -0.3 is 19.4 Å². The topological polar surface area (TPSA) is 71.6 Å². The molecule has 3 aromatic carbocycles. The van der Waals surface area contributed by atoms with Gasteiger partial charge in [-0.3, -0.25) is 9.59 Å². The van der Waals surface area contributed by atoms with E-state index < -0.39 is 5.79 Å². The minimum Gasteiger partial charge on any atom is -0.447 e. The molecule has 30 heavy (non-hydrogen) atoms. The molecular formula is C24H18N2O4. The second-order valence-corrected chi connectivity index (χ2v) is 7.77. The Bertz CT molecular complexity index is 1370. The number of para-hydroxylation sites is 4. The first kappa shape index (κ1) is 17.1. The monoisotopic (exact) mass is 398 g/mol. The number of aromatic nitrogens is 1. The maximum atomic E-state index is 13.4. The molecule has 6 rings (SSSR count). The molecule has 1 aromatic heterocycles. The van der Waals surface area contributed by atoms with Crippen LogP contribution in [-0.4, -0.2) is 34.7 Å². The number of aromatic amines is 1. The average Bonchev–Trinajstić information content (AvgIpc) is 3.36. The SMILES string of the molecule is O=C(c1cccc2c(=O)c3ccccc3[nH]c12)N1CCC2(C1)Oc1ccccc1O2. The molecule has 0 unspecified atom stereocenters. The van der Waals surface area contributed by atoms with Crippen molar-refractivity contribution < 1.29 is 14.3 Å². The highest BCUT2D eigenvalue weighted by Crippen LogP contribution is 2.43. The molecule has 1 fully saturated rings. The molecule has 148 valence electrons. The van der Waals surface area contributed by atoms with Crippen molar-refractivity contribution >= 4 is 27.7 Å². The first-order valence-corrected chi connectivity index (χ1v) is 9.94. The summed E-state index contributed by atoms with van der Waals surface area (Å²) in [4.78, 5) is 31.4. The van der Waals surface area contributed by atoms with Crippen LogP contribution < -0.4 is 14.9 Å². The van der Waals surface area contributed by atoms with Crippen LogP contribution >= 0.6 is 0 Å². The van der Waals surface area contributed by atoms with Gasteiger partial charge in [0.25, 0.3) is 11.7 Å². The van der Waals surface area contributed by atoms with E-state index in [2.05, 4.69) is 4.98 Å². The number of hydrogen-bond acceptors (Lipinski definition) is 4. The van der Waals surface area contributed by atoms with Crippen LogP contribution in [0.25, 0.3) is 21.8 Å². The van der Waals surface area contributed by atoms with E-state index in [-0.39, 0.29) is 11.3 Å². The molecule has 0 saturated carbocycles. The lowest BCUT2D eigenvalue weighted by atomic mass is 10.1. The van der Waals surface area contributed by atoms with Gasteiger partial charge in [0.2, 0.25) is 0 Å². The fourth-order valence-electron chi connectivity index (χ4n) is 4.43. The summed E-state index contributed by atoms with van der Waals surface area (Å²) in [5, 5.41) is 1.12. The lowest BCUT2D eigenvalue weighted by molar-refractivity contribution is -0.0657. The summed E-state index contributed by atoms with van der Waals surface area (Å²) in [6.45, 7) is 0.843. The van der Waals surface area contributed by atoms with Crippen molar-refractivity contribution in [2.45, 2.75) is 12.2 Å². The van der Waals surface area contributed by atoms with Crippen LogP contribution in [0.15, 0.2) is 71.5 Å². The number of likely N-dealkylation sites (tertiary alicyclic amines) is 1. The average molecular weight is 398 g/mol. The minimum atomic E-state index is -0.843. The Labute approximate surface area is 171 Å². The Morgan fingerprint density at radius 3 is 2.40 bits per heavy atom. The van der Waals surface area contributed by atoms with Gasteiger partial charge in [-0.05, 0) is 36.4 Å². The van der Waals surface area contributed by atoms with Gasteiger partial charge in [0.1, 0.15) is 0 Å². The van der Waals surface area contributed by atoms with Crippen LogP contribution in [0.3, 0.4) is 0 Å². The van der Waals surface area contributed by atoms with Gasteiger partial charge in [-0.1, -0.05) is 30.3 Å². The van der Waals surface area contributed by atoms with Crippen LogP contribution in [0.5, 0.6) is 11.5 Å². The summed E-state index contributed by atoms with van der Waals surface area (Å²) in [7, 11) is 0. The van der Waals surface area contributed by atoms with E-state index >= 15 is 0 Å². The largest absolute Gasteiger partial charge is 0.447 e. The van der Waals surface area contributed by atoms with Gasteiger partial charge >= 0.3 is 0 Å². The molecular weight excluding hydrogens is 380 g/mol. The van der Waals surface area contributed by atoms with Crippen LogP contribution in [0.1, 0.15) is 16.8 Å². The van der Waals surface area contributed by atoms with Crippen molar-refractivity contribution in [3.05, 3.63) is 82.5 Å². The first-order chi connectivity index (χ1) is 14.6. The van der Waals surface area contributed by atoms with Crippen molar-refractivity contribution in [1.82, 2.24) is 9.88 Å². The smallest absolute Gasteiger partial charge is 0.270 e. The zero-order valence-electron chi connectivity index (χ0n) is 16.1. The number of hydrogen-bond donors (Lipinski definition) is 1. The predicted molar refractivity (Wildman–Crippen MR) is 113 cm³/mol. The summed E-state index contributed by atoms with van der Waals surface area (Å²) in [6.07, 6.45) is 0.581. The maximum absolute atomic E-state index is 13.4. The van der Waals surface area contributed by atoms with Crippen LogP contribution in [0.2, 0.25) is 0 Å². The normalized spacial score (nSPS) is 16.6. The zero-order valence-corrected chi connectivity index (χ0v) is 16.1. The van der Waals surface area contributed by atoms with Gasteiger partial charge in [0, 0.05) is 29.3 Å². The van der Waals surface area contributed by atoms with Crippen molar-refractivity contribution in [1.29, 1.82) is 0 Å². The molecule has 0 bridgehead atoms. The molecule has 6 nitrogen and oxygen atoms in total. The minimum absolute atomic E-state index is 0.0789. The lowest BCUT2D eigenvalue weighted by Gasteiger charge is -2.23. The summed E-state index contributed by atoms with van der Waals surface area (Å²) in [5.74, 6) is 0.413. The Morgan fingerprint density at radius 1 is 0.900 bits per heavy atom. The van der Waals surface area contributed by atoms with Gasteiger partial charge in [-0.25, -0.2) is 0 Å². The molecule has 4 aromatic rings. The highest BCUT2D eigenvalue weighted by Gasteiger charge is 2.48. The summed E-state index contributed by atoms with van der Waals surface area (Å²) in [6, 6.07) is 20.1. The molecule has 2 aliphatic heterocycles. The third-order valence-corrected chi connectivity index (χ3v) is 5.89. The molecule has 1 N–H and O–H groups in total. The van der Waals surface area contributed by atoms with Crippen molar-refractivity contribution in [2.75, 3.05) is 13.1 Å². The fraction of sp³-hybridized carbons (Fsp3) is 0.167. The molecule has 0 atom stereocenters. The predicted octanol–water partition coefficient (Wildman–Crippen LogP) is 3.69. The molecule has 0 aliphatic carbocycles. The second-order valence-electron chi connectivity index (χ2n) is 7.77. The summed E-state index contributed by atoms with van der Waals surface area (Å²) in [5.41, 5.74) is 1.67. The Balaban J connectivity index is 1.38. The Kier molecular flexibility index (Phi) is 3.47. The highest BCUT2D eigenvalue weighted by atomic mass is 16.7. The molecule has 0 radical (unpaired) electrons. The number of nitrogens with zero attached hydrogens (tertiary/aromatic N) is 1. The molecule has 1 amide bonds. The number of carbonyl (C=O) groups is 1. The third-order valence-electron chi connectivity index (χ3n) is 5.89. The number of carbonyl (C=O) groups excluding carboxylic acids is 1. The molecule has 1 saturated heterocycles. The number of amides is 1. The van der Waals surface area contributed by atoms with Gasteiger partial charge in [0.15, 0.2) is 16.9 Å². The maximum Gasteiger partial charge on any atom is 0.270 e. The van der Waals surface area contributed by atoms with Crippen LogP contribution in [0.4, 0.5) is 0 Å². The quantitative estimate of drug-likeness (QED) is 0.497. The van der Waals surface area contributed by atoms with Crippen LogP contribution in [0, 0.1) is 0 Å². The lowest BCUT2D eigenvalue weighted by Crippen LogP contribution is -2.42. The van der Waals surface area contributed by atoms with Gasteiger partial charge in [-0.2, -0.15) is 0 Å². The van der Waals surface area contributed by atoms with E-state index in [1.54, 1.807) is 29.2 Å². The number of benzene rings is 3. The molecule has 1 spiro atoms. The van der Waals surface area contributed by atoms with Crippen molar-refractivity contribution in [3.8, 4) is 11.5 Å². The van der Waals surface area contributed by atoms with Gasteiger partial charge in [0.05, 0.1) is 17.6 Å². The zero-order chi connectivity index (χ0) is 20.3. The van der Waals surface area contributed by atoms with E-state index in [0.29, 0.717) is 58.4 Å². The van der Waals surface area contributed by atoms with Gasteiger partial charge in [-0.15, -0.1) is 0 Å². The van der Waals surface area contributed by atoms with E-state index in [0.717, 1.165) is 0 Å². The van der Waals surface area contributed by atoms with E-state index in [4.69, 9.17) is 9.47 Å². The first-order valence-electron chi connectivity index (χ1n) is 9.94. The number of pyridine rings is 1. The van der Waals surface area contributed by atoms with E-state index in [9.17, 15) is 9.59 Å². The van der Waals surface area contributed by atoms with E-state index in [1.165, 1.54) is 0 Å². The third kappa shape index (κ3) is 2.43. The number of nitrogens with one attached hydrogen (secondary N) is 1. The Morgan fingerprint density at radius 2 is 1.60 bits per heavy atom. The number of ether oxygens (including phenoxy) is 2. The standard InChI is InChI=1S/C24H18N2O4/c27-22-15-6-1-2-9-18(15)25-21-16(22)7-5-8-17(21)23(28)26-13-12-24(14-26)29-19-10-3-4-11-20(19)30-24/h1-11H,12-14H2,(H,25,27). The molecule has 3 heterocycles. The summed E-state index contributed by atoms with van der Waals surface area (Å²) >= 11 is 0. The second kappa shape index (κ2) is 6.10. The molecule has 2 aliphatic rings. The van der Waals surface area contributed by atoms with Crippen LogP contribution in [-0.2, 0) is 0 Å². The van der Waals surface area contributed by atoms with E-state index in [1.807, 2.05) is 42.5 Å². The van der Waals surface area contributed by atoms with Crippen molar-refractivity contribution in [2.24, 2.45) is 0 Å². The molecule has 6 heteroatoms. The fourth-order valence-corrected chi connectivity index (χ4v) is 4.43. The summed E-state index contributed by atoms with van der Waals surface area (Å²) < 4.78 is 12.1. The number of rotatable bonds is 1. The van der Waals surface area contributed by atoms with Crippen molar-refractivity contribution in [3.63, 3.8) is 0 Å². The number of fused-ring (bicyclic) bond motifs is 3. The highest BCUT2D eigenvalue weighted by molar-refractivity contribution is 6.07. The Hall–Kier alpha value is -3.80. The number of H-pyrrole nitrogens is 1.